The smallest absolute Gasteiger partial charge is 0.0114 e. The molecule has 3 rings (SSSR count). The summed E-state index contributed by atoms with van der Waals surface area (Å²) in [5.41, 5.74) is 0. The van der Waals surface area contributed by atoms with Gasteiger partial charge in [-0.05, 0) is 58.0 Å². The fraction of sp³-hybridized carbons (Fsp3) is 1.00. The third kappa shape index (κ3) is 3.76. The molecule has 3 fully saturated rings. The number of nitrogens with one attached hydrogen (secondary N) is 1. The molecule has 0 radical (unpaired) electrons. The highest BCUT2D eigenvalue weighted by atomic mass is 15.2. The molecule has 1 heterocycles. The first-order valence-corrected chi connectivity index (χ1v) is 9.43. The van der Waals surface area contributed by atoms with Crippen molar-refractivity contribution in [3.05, 3.63) is 0 Å². The Morgan fingerprint density at radius 1 is 0.500 bits per heavy atom. The van der Waals surface area contributed by atoms with Gasteiger partial charge in [-0.15, -0.1) is 0 Å². The van der Waals surface area contributed by atoms with Crippen LogP contribution in [0.4, 0.5) is 0 Å². The third-order valence-corrected chi connectivity index (χ3v) is 5.96. The Morgan fingerprint density at radius 2 is 1.00 bits per heavy atom. The van der Waals surface area contributed by atoms with Crippen molar-refractivity contribution >= 4 is 0 Å². The van der Waals surface area contributed by atoms with E-state index < -0.39 is 0 Å². The molecule has 0 spiro atoms. The molecule has 3 aliphatic rings. The molecular weight excluding hydrogens is 244 g/mol. The largest absolute Gasteiger partial charge is 0.317 e. The minimum absolute atomic E-state index is 0.885. The molecule has 2 heteroatoms. The summed E-state index contributed by atoms with van der Waals surface area (Å²) in [6.07, 6.45) is 19.1. The van der Waals surface area contributed by atoms with E-state index in [4.69, 9.17) is 0 Å². The van der Waals surface area contributed by atoms with Crippen LogP contribution in [0.1, 0.15) is 83.5 Å². The fourth-order valence-electron chi connectivity index (χ4n) is 4.95. The molecule has 0 aromatic carbocycles. The van der Waals surface area contributed by atoms with Gasteiger partial charge in [0.2, 0.25) is 0 Å². The summed E-state index contributed by atoms with van der Waals surface area (Å²) in [7, 11) is 0. The predicted octanol–water partition coefficient (Wildman–Crippen LogP) is 4.10. The molecule has 2 saturated carbocycles. The molecule has 0 aromatic rings. The van der Waals surface area contributed by atoms with Gasteiger partial charge in [-0.3, -0.25) is 4.90 Å². The maximum Gasteiger partial charge on any atom is 0.0114 e. The van der Waals surface area contributed by atoms with E-state index in [1.54, 1.807) is 0 Å². The molecule has 116 valence electrons. The first-order chi connectivity index (χ1) is 9.95. The Bertz CT molecular complexity index is 241. The van der Waals surface area contributed by atoms with Crippen LogP contribution in [0.5, 0.6) is 0 Å². The molecule has 20 heavy (non-hydrogen) atoms. The fourth-order valence-corrected chi connectivity index (χ4v) is 4.95. The van der Waals surface area contributed by atoms with Crippen LogP contribution < -0.4 is 5.32 Å². The van der Waals surface area contributed by atoms with E-state index in [0.29, 0.717) is 0 Å². The summed E-state index contributed by atoms with van der Waals surface area (Å²) in [6.45, 7) is 2.50. The van der Waals surface area contributed by atoms with Crippen molar-refractivity contribution in [3.63, 3.8) is 0 Å². The summed E-state index contributed by atoms with van der Waals surface area (Å²) in [5, 5.41) is 3.61. The van der Waals surface area contributed by atoms with Gasteiger partial charge < -0.3 is 5.32 Å². The maximum absolute atomic E-state index is 3.61. The van der Waals surface area contributed by atoms with Crippen LogP contribution in [0.15, 0.2) is 0 Å². The summed E-state index contributed by atoms with van der Waals surface area (Å²) in [4.78, 5) is 3.06. The Labute approximate surface area is 125 Å². The van der Waals surface area contributed by atoms with Crippen molar-refractivity contribution < 1.29 is 0 Å². The van der Waals surface area contributed by atoms with Gasteiger partial charge >= 0.3 is 0 Å². The van der Waals surface area contributed by atoms with Gasteiger partial charge in [-0.25, -0.2) is 0 Å². The van der Waals surface area contributed by atoms with Crippen LogP contribution in [0, 0.1) is 0 Å². The molecule has 1 saturated heterocycles. The van der Waals surface area contributed by atoms with E-state index in [-0.39, 0.29) is 0 Å². The van der Waals surface area contributed by atoms with Crippen molar-refractivity contribution in [2.24, 2.45) is 0 Å². The van der Waals surface area contributed by atoms with Gasteiger partial charge in [0.05, 0.1) is 0 Å². The summed E-state index contributed by atoms with van der Waals surface area (Å²) >= 11 is 0. The summed E-state index contributed by atoms with van der Waals surface area (Å²) in [6, 6.07) is 2.74. The normalized spacial score (nSPS) is 31.4. The lowest BCUT2D eigenvalue weighted by molar-refractivity contribution is 0.0323. The first-order valence-electron chi connectivity index (χ1n) is 9.43. The van der Waals surface area contributed by atoms with Gasteiger partial charge in [0, 0.05) is 18.1 Å². The van der Waals surface area contributed by atoms with E-state index >= 15 is 0 Å². The monoisotopic (exact) mass is 278 g/mol. The van der Waals surface area contributed by atoms with Crippen molar-refractivity contribution in [2.75, 3.05) is 13.1 Å². The minimum Gasteiger partial charge on any atom is -0.317 e. The molecular formula is C18H34N2. The molecule has 1 N–H and O–H groups in total. The van der Waals surface area contributed by atoms with Crippen molar-refractivity contribution in [2.45, 2.75) is 102 Å². The van der Waals surface area contributed by atoms with E-state index in [2.05, 4.69) is 10.2 Å². The molecule has 1 aliphatic heterocycles. The highest BCUT2D eigenvalue weighted by Crippen LogP contribution is 2.33. The van der Waals surface area contributed by atoms with Crippen molar-refractivity contribution in [1.82, 2.24) is 10.2 Å². The first kappa shape index (κ1) is 14.8. The SMILES string of the molecule is C1CCC(N(C2CCCCC2)C2CCCNCC2)CC1. The highest BCUT2D eigenvalue weighted by Gasteiger charge is 2.33. The highest BCUT2D eigenvalue weighted by molar-refractivity contribution is 4.89. The van der Waals surface area contributed by atoms with E-state index in [1.807, 2.05) is 0 Å². The zero-order chi connectivity index (χ0) is 13.6. The lowest BCUT2D eigenvalue weighted by Gasteiger charge is -2.46. The van der Waals surface area contributed by atoms with Crippen LogP contribution >= 0.6 is 0 Å². The van der Waals surface area contributed by atoms with Crippen molar-refractivity contribution in [3.8, 4) is 0 Å². The molecule has 0 bridgehead atoms. The topological polar surface area (TPSA) is 15.3 Å². The second-order valence-electron chi connectivity index (χ2n) is 7.37. The zero-order valence-corrected chi connectivity index (χ0v) is 13.3. The zero-order valence-electron chi connectivity index (χ0n) is 13.3. The minimum atomic E-state index is 0.885. The lowest BCUT2D eigenvalue weighted by atomic mass is 9.86. The van der Waals surface area contributed by atoms with Crippen LogP contribution in [-0.2, 0) is 0 Å². The van der Waals surface area contributed by atoms with Gasteiger partial charge in [0.1, 0.15) is 0 Å². The molecule has 0 amide bonds. The number of hydrogen-bond donors (Lipinski definition) is 1. The van der Waals surface area contributed by atoms with Crippen LogP contribution in [0.25, 0.3) is 0 Å². The average Bonchev–Trinajstić information content (AvgIpc) is 2.79. The van der Waals surface area contributed by atoms with Crippen LogP contribution in [-0.4, -0.2) is 36.1 Å². The van der Waals surface area contributed by atoms with E-state index in [0.717, 1.165) is 18.1 Å². The number of nitrogens with zero attached hydrogens (tertiary/aromatic N) is 1. The van der Waals surface area contributed by atoms with Crippen molar-refractivity contribution in [1.29, 1.82) is 0 Å². The van der Waals surface area contributed by atoms with E-state index in [9.17, 15) is 0 Å². The van der Waals surface area contributed by atoms with Gasteiger partial charge in [-0.1, -0.05) is 38.5 Å². The Balaban J connectivity index is 1.70. The van der Waals surface area contributed by atoms with E-state index in [1.165, 1.54) is 96.6 Å². The molecule has 0 aromatic heterocycles. The Hall–Kier alpha value is -0.0800. The van der Waals surface area contributed by atoms with Crippen LogP contribution in [0.3, 0.4) is 0 Å². The third-order valence-electron chi connectivity index (χ3n) is 5.96. The lowest BCUT2D eigenvalue weighted by Crippen LogP contribution is -2.51. The standard InChI is InChI=1S/C18H34N2/c1-3-8-16(9-4-1)20(17-10-5-2-6-11-17)18-12-7-14-19-15-13-18/h16-19H,1-15H2. The summed E-state index contributed by atoms with van der Waals surface area (Å²) < 4.78 is 0. The van der Waals surface area contributed by atoms with Gasteiger partial charge in [0.25, 0.3) is 0 Å². The molecule has 1 unspecified atom stereocenters. The summed E-state index contributed by atoms with van der Waals surface area (Å²) in [5.74, 6) is 0. The molecule has 1 atom stereocenters. The van der Waals surface area contributed by atoms with Gasteiger partial charge in [-0.2, -0.15) is 0 Å². The number of hydrogen-bond acceptors (Lipinski definition) is 2. The Morgan fingerprint density at radius 3 is 1.60 bits per heavy atom. The second-order valence-corrected chi connectivity index (χ2v) is 7.37. The number of rotatable bonds is 3. The second kappa shape index (κ2) is 7.79. The average molecular weight is 278 g/mol. The quantitative estimate of drug-likeness (QED) is 0.836. The predicted molar refractivity (Wildman–Crippen MR) is 86.1 cm³/mol. The Kier molecular flexibility index (Phi) is 5.78. The molecule has 2 aliphatic carbocycles. The molecule has 2 nitrogen and oxygen atoms in total. The van der Waals surface area contributed by atoms with Gasteiger partial charge in [0.15, 0.2) is 0 Å². The maximum atomic E-state index is 3.61. The van der Waals surface area contributed by atoms with Crippen LogP contribution in [0.2, 0.25) is 0 Å².